The van der Waals surface area contributed by atoms with Crippen LogP contribution in [0.2, 0.25) is 0 Å². The third-order valence-corrected chi connectivity index (χ3v) is 3.09. The molecule has 1 aromatic carbocycles. The number of hydrogen-bond donors (Lipinski definition) is 2. The number of halogens is 1. The molecular formula is C15H15FN4. The van der Waals surface area contributed by atoms with Crippen molar-refractivity contribution in [2.45, 2.75) is 19.9 Å². The minimum Gasteiger partial charge on any atom is -0.396 e. The van der Waals surface area contributed by atoms with Crippen molar-refractivity contribution in [3.05, 3.63) is 53.0 Å². The Morgan fingerprint density at radius 1 is 1.35 bits per heavy atom. The second kappa shape index (κ2) is 5.57. The van der Waals surface area contributed by atoms with E-state index in [0.29, 0.717) is 17.1 Å². The maximum absolute atomic E-state index is 13.5. The summed E-state index contributed by atoms with van der Waals surface area (Å²) in [5.41, 5.74) is 7.55. The largest absolute Gasteiger partial charge is 0.396 e. The molecule has 2 aromatic rings. The van der Waals surface area contributed by atoms with Gasteiger partial charge in [0.05, 0.1) is 11.7 Å². The van der Waals surface area contributed by atoms with Crippen LogP contribution in [0.3, 0.4) is 0 Å². The number of aromatic nitrogens is 1. The van der Waals surface area contributed by atoms with Crippen LogP contribution < -0.4 is 11.1 Å². The van der Waals surface area contributed by atoms with Crippen molar-refractivity contribution in [2.75, 3.05) is 11.1 Å². The maximum atomic E-state index is 13.5. The number of nitriles is 1. The fraction of sp³-hybridized carbons (Fsp3) is 0.200. The zero-order valence-corrected chi connectivity index (χ0v) is 11.3. The van der Waals surface area contributed by atoms with Gasteiger partial charge < -0.3 is 11.1 Å². The Balaban J connectivity index is 2.21. The molecule has 102 valence electrons. The lowest BCUT2D eigenvalue weighted by molar-refractivity contribution is 0.614. The van der Waals surface area contributed by atoms with Crippen molar-refractivity contribution in [2.24, 2.45) is 0 Å². The van der Waals surface area contributed by atoms with E-state index in [2.05, 4.69) is 10.3 Å². The van der Waals surface area contributed by atoms with Crippen LogP contribution in [0.5, 0.6) is 0 Å². The van der Waals surface area contributed by atoms with Crippen LogP contribution in [-0.4, -0.2) is 4.98 Å². The molecule has 0 amide bonds. The summed E-state index contributed by atoms with van der Waals surface area (Å²) < 4.78 is 13.5. The lowest BCUT2D eigenvalue weighted by atomic mass is 10.1. The first kappa shape index (κ1) is 13.8. The van der Waals surface area contributed by atoms with Crippen molar-refractivity contribution in [3.63, 3.8) is 0 Å². The lowest BCUT2D eigenvalue weighted by Crippen LogP contribution is -2.09. The molecule has 0 bridgehead atoms. The quantitative estimate of drug-likeness (QED) is 0.898. The average molecular weight is 270 g/mol. The number of benzene rings is 1. The summed E-state index contributed by atoms with van der Waals surface area (Å²) in [7, 11) is 0. The van der Waals surface area contributed by atoms with Crippen molar-refractivity contribution < 1.29 is 4.39 Å². The highest BCUT2D eigenvalue weighted by molar-refractivity contribution is 5.55. The topological polar surface area (TPSA) is 74.7 Å². The minimum atomic E-state index is -0.237. The highest BCUT2D eigenvalue weighted by atomic mass is 19.1. The molecule has 20 heavy (non-hydrogen) atoms. The number of pyridine rings is 1. The molecule has 0 aliphatic carbocycles. The van der Waals surface area contributed by atoms with Gasteiger partial charge in [0.25, 0.3) is 0 Å². The second-order valence-electron chi connectivity index (χ2n) is 4.62. The van der Waals surface area contributed by atoms with E-state index in [1.807, 2.05) is 19.1 Å². The molecule has 0 saturated heterocycles. The molecule has 1 heterocycles. The van der Waals surface area contributed by atoms with Crippen LogP contribution in [0.1, 0.15) is 29.8 Å². The number of anilines is 2. The Bertz CT molecular complexity index is 676. The van der Waals surface area contributed by atoms with E-state index in [9.17, 15) is 4.39 Å². The van der Waals surface area contributed by atoms with Crippen molar-refractivity contribution in [1.82, 2.24) is 4.98 Å². The van der Waals surface area contributed by atoms with E-state index in [4.69, 9.17) is 11.0 Å². The highest BCUT2D eigenvalue weighted by Crippen LogP contribution is 2.21. The van der Waals surface area contributed by atoms with Gasteiger partial charge in [-0.05, 0) is 43.2 Å². The Hall–Kier alpha value is -2.61. The molecule has 5 heteroatoms. The molecule has 0 saturated carbocycles. The first-order valence-electron chi connectivity index (χ1n) is 6.20. The summed E-state index contributed by atoms with van der Waals surface area (Å²) in [6, 6.07) is 10.2. The fourth-order valence-corrected chi connectivity index (χ4v) is 1.82. The first-order chi connectivity index (χ1) is 9.51. The number of nitrogens with one attached hydrogen (secondary N) is 1. The van der Waals surface area contributed by atoms with Gasteiger partial charge in [0.15, 0.2) is 5.69 Å². The van der Waals surface area contributed by atoms with Crippen molar-refractivity contribution >= 4 is 11.5 Å². The SMILES string of the molecule is Cc1ccc(C(C)Nc2ccc(N)c(C#N)n2)cc1F. The van der Waals surface area contributed by atoms with Gasteiger partial charge >= 0.3 is 0 Å². The Morgan fingerprint density at radius 3 is 2.75 bits per heavy atom. The molecule has 0 radical (unpaired) electrons. The van der Waals surface area contributed by atoms with Crippen LogP contribution in [0.25, 0.3) is 0 Å². The number of nitrogens with two attached hydrogens (primary N) is 1. The average Bonchev–Trinajstić information content (AvgIpc) is 2.43. The Kier molecular flexibility index (Phi) is 3.85. The molecule has 2 rings (SSSR count). The van der Waals surface area contributed by atoms with Crippen molar-refractivity contribution in [1.29, 1.82) is 5.26 Å². The zero-order chi connectivity index (χ0) is 14.7. The highest BCUT2D eigenvalue weighted by Gasteiger charge is 2.09. The third-order valence-electron chi connectivity index (χ3n) is 3.09. The van der Waals surface area contributed by atoms with Crippen LogP contribution in [0, 0.1) is 24.1 Å². The van der Waals surface area contributed by atoms with Crippen LogP contribution >= 0.6 is 0 Å². The van der Waals surface area contributed by atoms with E-state index < -0.39 is 0 Å². The lowest BCUT2D eigenvalue weighted by Gasteiger charge is -2.16. The molecule has 1 atom stereocenters. The molecular weight excluding hydrogens is 255 g/mol. The van der Waals surface area contributed by atoms with Crippen LogP contribution in [-0.2, 0) is 0 Å². The summed E-state index contributed by atoms with van der Waals surface area (Å²) in [5, 5.41) is 12.0. The minimum absolute atomic E-state index is 0.132. The Labute approximate surface area is 117 Å². The van der Waals surface area contributed by atoms with Gasteiger partial charge in [0, 0.05) is 0 Å². The summed E-state index contributed by atoms with van der Waals surface area (Å²) in [5.74, 6) is 0.295. The van der Waals surface area contributed by atoms with E-state index >= 15 is 0 Å². The number of rotatable bonds is 3. The molecule has 0 fully saturated rings. The van der Waals surface area contributed by atoms with Gasteiger partial charge in [0.1, 0.15) is 17.7 Å². The first-order valence-corrected chi connectivity index (χ1v) is 6.20. The Morgan fingerprint density at radius 2 is 2.10 bits per heavy atom. The molecule has 0 aliphatic heterocycles. The fourth-order valence-electron chi connectivity index (χ4n) is 1.82. The van der Waals surface area contributed by atoms with Gasteiger partial charge in [-0.1, -0.05) is 12.1 Å². The smallest absolute Gasteiger partial charge is 0.165 e. The maximum Gasteiger partial charge on any atom is 0.165 e. The van der Waals surface area contributed by atoms with Gasteiger partial charge in [0.2, 0.25) is 0 Å². The van der Waals surface area contributed by atoms with Gasteiger partial charge in [-0.25, -0.2) is 9.37 Å². The van der Waals surface area contributed by atoms with Crippen molar-refractivity contribution in [3.8, 4) is 6.07 Å². The monoisotopic (exact) mass is 270 g/mol. The summed E-state index contributed by atoms with van der Waals surface area (Å²) in [6.45, 7) is 3.62. The molecule has 1 aromatic heterocycles. The van der Waals surface area contributed by atoms with E-state index in [-0.39, 0.29) is 17.6 Å². The molecule has 0 spiro atoms. The molecule has 4 nitrogen and oxygen atoms in total. The molecule has 1 unspecified atom stereocenters. The summed E-state index contributed by atoms with van der Waals surface area (Å²) in [4.78, 5) is 4.11. The van der Waals surface area contributed by atoms with Gasteiger partial charge in [-0.15, -0.1) is 0 Å². The number of nitrogens with zero attached hydrogens (tertiary/aromatic N) is 2. The number of nitrogen functional groups attached to an aromatic ring is 1. The van der Waals surface area contributed by atoms with Gasteiger partial charge in [-0.3, -0.25) is 0 Å². The number of aryl methyl sites for hydroxylation is 1. The molecule has 3 N–H and O–H groups in total. The standard InChI is InChI=1S/C15H15FN4/c1-9-3-4-11(7-12(9)16)10(2)19-15-6-5-13(18)14(8-17)20-15/h3-7,10H,18H2,1-2H3,(H,19,20). The predicted molar refractivity (Wildman–Crippen MR) is 76.5 cm³/mol. The van der Waals surface area contributed by atoms with E-state index in [1.165, 1.54) is 6.07 Å². The van der Waals surface area contributed by atoms with E-state index in [0.717, 1.165) is 5.56 Å². The predicted octanol–water partition coefficient (Wildman–Crippen LogP) is 3.16. The summed E-state index contributed by atoms with van der Waals surface area (Å²) in [6.07, 6.45) is 0. The molecule has 0 aliphatic rings. The van der Waals surface area contributed by atoms with Crippen LogP contribution in [0.4, 0.5) is 15.9 Å². The zero-order valence-electron chi connectivity index (χ0n) is 11.3. The normalized spacial score (nSPS) is 11.7. The third kappa shape index (κ3) is 2.86. The number of hydrogen-bond acceptors (Lipinski definition) is 4. The second-order valence-corrected chi connectivity index (χ2v) is 4.62. The van der Waals surface area contributed by atoms with Crippen LogP contribution in [0.15, 0.2) is 30.3 Å². The van der Waals surface area contributed by atoms with Gasteiger partial charge in [-0.2, -0.15) is 5.26 Å². The summed E-state index contributed by atoms with van der Waals surface area (Å²) >= 11 is 0. The van der Waals surface area contributed by atoms with E-state index in [1.54, 1.807) is 25.1 Å².